The van der Waals surface area contributed by atoms with E-state index in [0.717, 1.165) is 16.6 Å². The summed E-state index contributed by atoms with van der Waals surface area (Å²) in [7, 11) is 0. The van der Waals surface area contributed by atoms with Gasteiger partial charge in [-0.05, 0) is 57.5 Å². The first-order valence-corrected chi connectivity index (χ1v) is 8.08. The Morgan fingerprint density at radius 3 is 2.76 bits per heavy atom. The van der Waals surface area contributed by atoms with Crippen LogP contribution < -0.4 is 5.32 Å². The number of aromatic nitrogens is 4. The van der Waals surface area contributed by atoms with Crippen LogP contribution in [-0.4, -0.2) is 31.4 Å². The average molecular weight is 360 g/mol. The van der Waals surface area contributed by atoms with Crippen LogP contribution in [0.1, 0.15) is 26.3 Å². The molecule has 130 valence electrons. The molecule has 2 aromatic heterocycles. The highest BCUT2D eigenvalue weighted by Gasteiger charge is 2.20. The van der Waals surface area contributed by atoms with Crippen molar-refractivity contribution in [3.63, 3.8) is 0 Å². The zero-order valence-corrected chi connectivity index (χ0v) is 15.1. The number of hydrogen-bond acceptors (Lipinski definition) is 6. The van der Waals surface area contributed by atoms with E-state index in [1.807, 2.05) is 39.8 Å². The molecule has 1 aromatic carbocycles. The van der Waals surface area contributed by atoms with Crippen molar-refractivity contribution in [2.75, 3.05) is 5.32 Å². The fraction of sp³-hybridized carbons (Fsp3) is 0.294. The number of hydrogen-bond donors (Lipinski definition) is 1. The van der Waals surface area contributed by atoms with Gasteiger partial charge in [0, 0.05) is 22.8 Å². The van der Waals surface area contributed by atoms with Gasteiger partial charge in [0.1, 0.15) is 11.4 Å². The number of anilines is 2. The van der Waals surface area contributed by atoms with E-state index in [9.17, 15) is 4.79 Å². The topological polar surface area (TPSA) is 81.9 Å². The molecule has 0 fully saturated rings. The zero-order valence-electron chi connectivity index (χ0n) is 14.4. The number of ether oxygens (including phenoxy) is 1. The Balaban J connectivity index is 1.89. The molecule has 0 aliphatic carbocycles. The predicted octanol–water partition coefficient (Wildman–Crippen LogP) is 4.31. The van der Waals surface area contributed by atoms with Crippen LogP contribution in [0.2, 0.25) is 5.28 Å². The number of halogens is 1. The Labute approximate surface area is 150 Å². The number of rotatable bonds is 2. The van der Waals surface area contributed by atoms with Crippen molar-refractivity contribution in [2.24, 2.45) is 0 Å². The van der Waals surface area contributed by atoms with Crippen LogP contribution in [0.25, 0.3) is 10.9 Å². The minimum atomic E-state index is -0.583. The number of carbonyl (C=O) groups is 1. The van der Waals surface area contributed by atoms with Crippen LogP contribution in [0.5, 0.6) is 0 Å². The second-order valence-corrected chi connectivity index (χ2v) is 6.94. The minimum absolute atomic E-state index is 0.173. The number of fused-ring (bicyclic) bond motifs is 1. The highest BCUT2D eigenvalue weighted by Crippen LogP contribution is 2.24. The van der Waals surface area contributed by atoms with Crippen LogP contribution in [-0.2, 0) is 4.74 Å². The van der Waals surface area contributed by atoms with E-state index in [1.165, 1.54) is 4.68 Å². The lowest BCUT2D eigenvalue weighted by atomic mass is 10.2. The fourth-order valence-corrected chi connectivity index (χ4v) is 2.38. The van der Waals surface area contributed by atoms with Crippen molar-refractivity contribution >= 4 is 40.1 Å². The van der Waals surface area contributed by atoms with Crippen LogP contribution in [0, 0.1) is 6.92 Å². The Hall–Kier alpha value is -2.67. The molecule has 0 bridgehead atoms. The van der Waals surface area contributed by atoms with Gasteiger partial charge in [0.2, 0.25) is 5.28 Å². The monoisotopic (exact) mass is 359 g/mol. The van der Waals surface area contributed by atoms with Crippen molar-refractivity contribution in [3.8, 4) is 0 Å². The van der Waals surface area contributed by atoms with Crippen LogP contribution in [0.15, 0.2) is 30.6 Å². The third-order valence-corrected chi connectivity index (χ3v) is 3.52. The quantitative estimate of drug-likeness (QED) is 0.686. The third-order valence-electron chi connectivity index (χ3n) is 3.34. The molecule has 8 heteroatoms. The number of benzene rings is 1. The lowest BCUT2D eigenvalue weighted by molar-refractivity contribution is 0.0523. The Morgan fingerprint density at radius 2 is 2.04 bits per heavy atom. The van der Waals surface area contributed by atoms with E-state index >= 15 is 0 Å². The Bertz CT molecular complexity index is 946. The molecule has 25 heavy (non-hydrogen) atoms. The third kappa shape index (κ3) is 3.88. The first-order chi connectivity index (χ1) is 11.7. The molecule has 0 atom stereocenters. The SMILES string of the molecule is Cc1cnc(Cl)nc1Nc1ccc2c(cnn2C(=O)OC(C)(C)C)c1. The van der Waals surface area contributed by atoms with E-state index in [-0.39, 0.29) is 5.28 Å². The van der Waals surface area contributed by atoms with Gasteiger partial charge < -0.3 is 10.1 Å². The van der Waals surface area contributed by atoms with Gasteiger partial charge in [-0.2, -0.15) is 9.78 Å². The normalized spacial score (nSPS) is 11.6. The number of carbonyl (C=O) groups excluding carboxylic acids is 1. The van der Waals surface area contributed by atoms with E-state index < -0.39 is 11.7 Å². The standard InChI is InChI=1S/C17H18ClN5O2/c1-10-8-19-15(18)22-14(10)21-12-5-6-13-11(7-12)9-20-23(13)16(24)25-17(2,3)4/h5-9H,1-4H3,(H,19,21,22). The van der Waals surface area contributed by atoms with Crippen LogP contribution in [0.4, 0.5) is 16.3 Å². The molecule has 0 amide bonds. The van der Waals surface area contributed by atoms with Gasteiger partial charge >= 0.3 is 6.09 Å². The van der Waals surface area contributed by atoms with Gasteiger partial charge in [-0.25, -0.2) is 14.8 Å². The van der Waals surface area contributed by atoms with Gasteiger partial charge in [0.05, 0.1) is 11.7 Å². The highest BCUT2D eigenvalue weighted by molar-refractivity contribution is 6.28. The van der Waals surface area contributed by atoms with Crippen molar-refractivity contribution < 1.29 is 9.53 Å². The number of nitrogens with one attached hydrogen (secondary N) is 1. The van der Waals surface area contributed by atoms with Gasteiger partial charge in [0.15, 0.2) is 0 Å². The molecule has 1 N–H and O–H groups in total. The molecule has 0 aliphatic heterocycles. The summed E-state index contributed by atoms with van der Waals surface area (Å²) in [6.45, 7) is 7.33. The highest BCUT2D eigenvalue weighted by atomic mass is 35.5. The first kappa shape index (κ1) is 17.2. The minimum Gasteiger partial charge on any atom is -0.442 e. The maximum atomic E-state index is 12.2. The molecule has 0 aliphatic rings. The summed E-state index contributed by atoms with van der Waals surface area (Å²) in [5, 5.41) is 8.29. The van der Waals surface area contributed by atoms with Crippen LogP contribution in [0.3, 0.4) is 0 Å². The molecule has 0 saturated carbocycles. The maximum Gasteiger partial charge on any atom is 0.435 e. The summed E-state index contributed by atoms with van der Waals surface area (Å²) in [6, 6.07) is 5.51. The van der Waals surface area contributed by atoms with E-state index in [1.54, 1.807) is 18.5 Å². The lowest BCUT2D eigenvalue weighted by Crippen LogP contribution is -2.27. The molecular formula is C17H18ClN5O2. The Kier molecular flexibility index (Phi) is 4.34. The molecule has 0 radical (unpaired) electrons. The van der Waals surface area contributed by atoms with Gasteiger partial charge in [-0.1, -0.05) is 0 Å². The summed E-state index contributed by atoms with van der Waals surface area (Å²) in [5.41, 5.74) is 1.75. The largest absolute Gasteiger partial charge is 0.442 e. The molecule has 3 rings (SSSR count). The smallest absolute Gasteiger partial charge is 0.435 e. The van der Waals surface area contributed by atoms with Crippen molar-refractivity contribution in [2.45, 2.75) is 33.3 Å². The fourth-order valence-electron chi connectivity index (χ4n) is 2.25. The van der Waals surface area contributed by atoms with Crippen molar-refractivity contribution in [1.29, 1.82) is 0 Å². The predicted molar refractivity (Wildman–Crippen MR) is 96.4 cm³/mol. The van der Waals surface area contributed by atoms with Gasteiger partial charge in [0.25, 0.3) is 0 Å². The maximum absolute atomic E-state index is 12.2. The second kappa shape index (κ2) is 6.33. The summed E-state index contributed by atoms with van der Waals surface area (Å²) in [5.74, 6) is 0.624. The molecule has 7 nitrogen and oxygen atoms in total. The van der Waals surface area contributed by atoms with Gasteiger partial charge in [-0.3, -0.25) is 0 Å². The first-order valence-electron chi connectivity index (χ1n) is 7.70. The molecule has 0 saturated heterocycles. The zero-order chi connectivity index (χ0) is 18.2. The average Bonchev–Trinajstić information content (AvgIpc) is 2.92. The second-order valence-electron chi connectivity index (χ2n) is 6.61. The van der Waals surface area contributed by atoms with E-state index in [0.29, 0.717) is 11.3 Å². The summed E-state index contributed by atoms with van der Waals surface area (Å²) < 4.78 is 6.61. The van der Waals surface area contributed by atoms with Crippen LogP contribution >= 0.6 is 11.6 Å². The number of aryl methyl sites for hydroxylation is 1. The molecular weight excluding hydrogens is 342 g/mol. The van der Waals surface area contributed by atoms with E-state index in [4.69, 9.17) is 16.3 Å². The lowest BCUT2D eigenvalue weighted by Gasteiger charge is -2.19. The Morgan fingerprint density at radius 1 is 1.28 bits per heavy atom. The van der Waals surface area contributed by atoms with E-state index in [2.05, 4.69) is 20.4 Å². The molecule has 0 unspecified atom stereocenters. The van der Waals surface area contributed by atoms with Crippen molar-refractivity contribution in [1.82, 2.24) is 19.7 Å². The molecule has 3 aromatic rings. The molecule has 2 heterocycles. The van der Waals surface area contributed by atoms with Gasteiger partial charge in [-0.15, -0.1) is 0 Å². The summed E-state index contributed by atoms with van der Waals surface area (Å²) >= 11 is 5.84. The van der Waals surface area contributed by atoms with Crippen molar-refractivity contribution in [3.05, 3.63) is 41.4 Å². The molecule has 0 spiro atoms. The summed E-state index contributed by atoms with van der Waals surface area (Å²) in [4.78, 5) is 20.3. The number of nitrogens with zero attached hydrogens (tertiary/aromatic N) is 4. The summed E-state index contributed by atoms with van der Waals surface area (Å²) in [6.07, 6.45) is 2.75.